The van der Waals surface area contributed by atoms with Crippen LogP contribution in [0, 0.1) is 0 Å². The smallest absolute Gasteiger partial charge is 0.264 e. The van der Waals surface area contributed by atoms with E-state index in [1.54, 1.807) is 18.2 Å². The van der Waals surface area contributed by atoms with Crippen LogP contribution in [0.1, 0.15) is 28.0 Å². The van der Waals surface area contributed by atoms with Crippen molar-refractivity contribution in [1.29, 1.82) is 0 Å². The van der Waals surface area contributed by atoms with Crippen LogP contribution < -0.4 is 0 Å². The van der Waals surface area contributed by atoms with Gasteiger partial charge in [-0.3, -0.25) is 9.78 Å². The zero-order valence-corrected chi connectivity index (χ0v) is 10.7. The van der Waals surface area contributed by atoms with Crippen molar-refractivity contribution in [3.63, 3.8) is 0 Å². The van der Waals surface area contributed by atoms with Gasteiger partial charge in [-0.25, -0.2) is 8.78 Å². The first-order chi connectivity index (χ1) is 8.59. The molecule has 2 rings (SSSR count). The molecular weight excluding hydrogens is 304 g/mol. The Hall–Kier alpha value is -1.62. The predicted molar refractivity (Wildman–Crippen MR) is 66.8 cm³/mol. The van der Waals surface area contributed by atoms with Crippen molar-refractivity contribution < 1.29 is 13.6 Å². The maximum Gasteiger partial charge on any atom is 0.264 e. The quantitative estimate of drug-likeness (QED) is 0.802. The van der Waals surface area contributed by atoms with Gasteiger partial charge < -0.3 is 0 Å². The zero-order valence-electron chi connectivity index (χ0n) is 9.11. The molecule has 0 spiro atoms. The molecule has 2 aromatic rings. The number of nitrogens with zero attached hydrogens (tertiary/aromatic N) is 1. The summed E-state index contributed by atoms with van der Waals surface area (Å²) in [6, 6.07) is 9.03. The number of halogens is 3. The van der Waals surface area contributed by atoms with Crippen molar-refractivity contribution in [1.82, 2.24) is 4.98 Å². The Labute approximate surface area is 111 Å². The second kappa shape index (κ2) is 5.35. The van der Waals surface area contributed by atoms with Crippen LogP contribution in [0.4, 0.5) is 8.78 Å². The number of hydrogen-bond donors (Lipinski definition) is 0. The van der Waals surface area contributed by atoms with Gasteiger partial charge in [-0.05, 0) is 30.3 Å². The first-order valence-electron chi connectivity index (χ1n) is 5.13. The first kappa shape index (κ1) is 12.8. The minimum Gasteiger partial charge on any atom is -0.287 e. The molecule has 1 aromatic carbocycles. The van der Waals surface area contributed by atoms with Gasteiger partial charge in [0.2, 0.25) is 5.78 Å². The lowest BCUT2D eigenvalue weighted by Crippen LogP contribution is -2.04. The van der Waals surface area contributed by atoms with Crippen LogP contribution in [0.3, 0.4) is 0 Å². The Morgan fingerprint density at radius 1 is 1.22 bits per heavy atom. The Balaban J connectivity index is 2.41. The molecule has 0 saturated heterocycles. The molecule has 0 aliphatic carbocycles. The van der Waals surface area contributed by atoms with Crippen molar-refractivity contribution >= 4 is 21.7 Å². The van der Waals surface area contributed by atoms with Crippen molar-refractivity contribution in [2.45, 2.75) is 6.43 Å². The molecule has 2 nitrogen and oxygen atoms in total. The maximum absolute atomic E-state index is 12.7. The lowest BCUT2D eigenvalue weighted by atomic mass is 10.0. The van der Waals surface area contributed by atoms with E-state index in [9.17, 15) is 13.6 Å². The van der Waals surface area contributed by atoms with E-state index >= 15 is 0 Å². The molecule has 0 saturated carbocycles. The molecular formula is C13H8BrF2NO. The van der Waals surface area contributed by atoms with E-state index in [0.29, 0.717) is 0 Å². The molecule has 1 heterocycles. The van der Waals surface area contributed by atoms with Gasteiger partial charge in [0.25, 0.3) is 6.43 Å². The van der Waals surface area contributed by atoms with Gasteiger partial charge in [-0.15, -0.1) is 0 Å². The summed E-state index contributed by atoms with van der Waals surface area (Å²) >= 11 is 3.03. The van der Waals surface area contributed by atoms with Crippen molar-refractivity contribution in [2.24, 2.45) is 0 Å². The highest BCUT2D eigenvalue weighted by Gasteiger charge is 2.16. The number of pyridine rings is 1. The molecule has 0 fully saturated rings. The molecule has 5 heteroatoms. The third kappa shape index (κ3) is 2.61. The number of rotatable bonds is 3. The SMILES string of the molecule is O=C(c1ccc(Br)c(C(F)F)c1)c1ccccn1. The summed E-state index contributed by atoms with van der Waals surface area (Å²) in [4.78, 5) is 15.9. The monoisotopic (exact) mass is 311 g/mol. The summed E-state index contributed by atoms with van der Waals surface area (Å²) in [7, 11) is 0. The maximum atomic E-state index is 12.7. The second-order valence-corrected chi connectivity index (χ2v) is 4.44. The lowest BCUT2D eigenvalue weighted by molar-refractivity contribution is 0.103. The molecule has 0 unspecified atom stereocenters. The molecule has 0 N–H and O–H groups in total. The fraction of sp³-hybridized carbons (Fsp3) is 0.0769. The van der Waals surface area contributed by atoms with Crippen molar-refractivity contribution in [3.8, 4) is 0 Å². The third-order valence-electron chi connectivity index (χ3n) is 2.39. The largest absolute Gasteiger partial charge is 0.287 e. The van der Waals surface area contributed by atoms with E-state index < -0.39 is 6.43 Å². The molecule has 0 amide bonds. The van der Waals surface area contributed by atoms with Crippen LogP contribution in [0.5, 0.6) is 0 Å². The molecule has 92 valence electrons. The fourth-order valence-electron chi connectivity index (χ4n) is 1.50. The van der Waals surface area contributed by atoms with Crippen LogP contribution in [0.25, 0.3) is 0 Å². The van der Waals surface area contributed by atoms with E-state index in [1.807, 2.05) is 0 Å². The highest BCUT2D eigenvalue weighted by atomic mass is 79.9. The van der Waals surface area contributed by atoms with Crippen molar-refractivity contribution in [2.75, 3.05) is 0 Å². The number of benzene rings is 1. The molecule has 0 bridgehead atoms. The Bertz CT molecular complexity index is 572. The van der Waals surface area contributed by atoms with Gasteiger partial charge in [-0.1, -0.05) is 22.0 Å². The van der Waals surface area contributed by atoms with Crippen LogP contribution in [0.15, 0.2) is 47.1 Å². The third-order valence-corrected chi connectivity index (χ3v) is 3.11. The summed E-state index contributed by atoms with van der Waals surface area (Å²) in [5, 5.41) is 0. The van der Waals surface area contributed by atoms with E-state index in [1.165, 1.54) is 24.4 Å². The minimum atomic E-state index is -2.63. The van der Waals surface area contributed by atoms with Gasteiger partial charge in [0, 0.05) is 21.8 Å². The number of carbonyl (C=O) groups excluding carboxylic acids is 1. The number of carbonyl (C=O) groups is 1. The zero-order chi connectivity index (χ0) is 13.1. The van der Waals surface area contributed by atoms with Crippen LogP contribution in [-0.2, 0) is 0 Å². The van der Waals surface area contributed by atoms with Gasteiger partial charge >= 0.3 is 0 Å². The summed E-state index contributed by atoms with van der Waals surface area (Å²) in [6.45, 7) is 0. The second-order valence-electron chi connectivity index (χ2n) is 3.58. The molecule has 1 aromatic heterocycles. The predicted octanol–water partition coefficient (Wildman–Crippen LogP) is 4.01. The molecule has 18 heavy (non-hydrogen) atoms. The number of ketones is 1. The van der Waals surface area contributed by atoms with E-state index in [-0.39, 0.29) is 27.1 Å². The van der Waals surface area contributed by atoms with Gasteiger partial charge in [0.1, 0.15) is 5.69 Å². The summed E-state index contributed by atoms with van der Waals surface area (Å²) in [5.74, 6) is -0.370. The Morgan fingerprint density at radius 3 is 2.61 bits per heavy atom. The standard InChI is InChI=1S/C13H8BrF2NO/c14-10-5-4-8(7-9(10)13(15)16)12(18)11-3-1-2-6-17-11/h1-7,13H. The fourth-order valence-corrected chi connectivity index (χ4v) is 1.92. The average Bonchev–Trinajstić information content (AvgIpc) is 2.39. The van der Waals surface area contributed by atoms with Crippen LogP contribution in [-0.4, -0.2) is 10.8 Å². The Kier molecular flexibility index (Phi) is 3.81. The van der Waals surface area contributed by atoms with Gasteiger partial charge in [0.05, 0.1) is 0 Å². The van der Waals surface area contributed by atoms with E-state index in [4.69, 9.17) is 0 Å². The molecule has 0 radical (unpaired) electrons. The highest BCUT2D eigenvalue weighted by molar-refractivity contribution is 9.10. The van der Waals surface area contributed by atoms with E-state index in [0.717, 1.165) is 0 Å². The van der Waals surface area contributed by atoms with E-state index in [2.05, 4.69) is 20.9 Å². The molecule has 0 aliphatic heterocycles. The highest BCUT2D eigenvalue weighted by Crippen LogP contribution is 2.28. The number of aromatic nitrogens is 1. The number of alkyl halides is 2. The minimum absolute atomic E-state index is 0.197. The summed E-state index contributed by atoms with van der Waals surface area (Å²) < 4.78 is 25.7. The molecule has 0 atom stereocenters. The van der Waals surface area contributed by atoms with Gasteiger partial charge in [-0.2, -0.15) is 0 Å². The average molecular weight is 312 g/mol. The van der Waals surface area contributed by atoms with Crippen LogP contribution >= 0.6 is 15.9 Å². The van der Waals surface area contributed by atoms with Gasteiger partial charge in [0.15, 0.2) is 0 Å². The summed E-state index contributed by atoms with van der Waals surface area (Å²) in [6.07, 6.45) is -1.14. The lowest BCUT2D eigenvalue weighted by Gasteiger charge is -2.06. The summed E-state index contributed by atoms with van der Waals surface area (Å²) in [5.41, 5.74) is 0.240. The number of hydrogen-bond acceptors (Lipinski definition) is 2. The topological polar surface area (TPSA) is 30.0 Å². The molecule has 0 aliphatic rings. The van der Waals surface area contributed by atoms with Crippen LogP contribution in [0.2, 0.25) is 0 Å². The first-order valence-corrected chi connectivity index (χ1v) is 5.92. The Morgan fingerprint density at radius 2 is 2.00 bits per heavy atom. The van der Waals surface area contributed by atoms with Crippen molar-refractivity contribution in [3.05, 3.63) is 63.9 Å². The normalized spacial score (nSPS) is 10.7.